The molecule has 112 valence electrons. The van der Waals surface area contributed by atoms with Gasteiger partial charge in [-0.1, -0.05) is 0 Å². The summed E-state index contributed by atoms with van der Waals surface area (Å²) in [6.45, 7) is 0. The van der Waals surface area contributed by atoms with Crippen LogP contribution in [0.25, 0.3) is 11.1 Å². The maximum atomic E-state index is 12.5. The van der Waals surface area contributed by atoms with Crippen molar-refractivity contribution in [2.24, 2.45) is 0 Å². The molecule has 0 radical (unpaired) electrons. The first kappa shape index (κ1) is 15.1. The Bertz CT molecular complexity index is 663. The monoisotopic (exact) mass is 307 g/mol. The van der Waals surface area contributed by atoms with Crippen molar-refractivity contribution in [3.05, 3.63) is 41.9 Å². The van der Waals surface area contributed by atoms with Crippen LogP contribution in [0.15, 0.2) is 30.5 Å². The fourth-order valence-corrected chi connectivity index (χ4v) is 1.63. The van der Waals surface area contributed by atoms with Gasteiger partial charge < -0.3 is 5.73 Å². The molecule has 3 nitrogen and oxygen atoms in total. The molecule has 9 heteroatoms. The number of nitrogens with zero attached hydrogens (tertiary/aromatic N) is 2. The molecule has 2 aromatic heterocycles. The van der Waals surface area contributed by atoms with Gasteiger partial charge in [-0.3, -0.25) is 4.98 Å². The van der Waals surface area contributed by atoms with Crippen molar-refractivity contribution in [2.45, 2.75) is 12.4 Å². The average molecular weight is 307 g/mol. The molecule has 0 fully saturated rings. The van der Waals surface area contributed by atoms with E-state index < -0.39 is 29.6 Å². The molecule has 0 bridgehead atoms. The minimum absolute atomic E-state index is 0.0175. The number of aromatic nitrogens is 2. The van der Waals surface area contributed by atoms with Gasteiger partial charge in [0.05, 0.1) is 0 Å². The summed E-state index contributed by atoms with van der Waals surface area (Å²) in [6.07, 6.45) is -8.44. The van der Waals surface area contributed by atoms with E-state index in [2.05, 4.69) is 9.97 Å². The topological polar surface area (TPSA) is 51.8 Å². The van der Waals surface area contributed by atoms with E-state index in [0.29, 0.717) is 12.1 Å². The lowest BCUT2D eigenvalue weighted by Crippen LogP contribution is -2.10. The SMILES string of the molecule is Nc1nc(C(F)(F)F)ccc1-c1ccnc(C(F)(F)F)c1. The third-order valence-corrected chi connectivity index (χ3v) is 2.58. The molecule has 21 heavy (non-hydrogen) atoms. The van der Waals surface area contributed by atoms with Gasteiger partial charge in [0, 0.05) is 11.8 Å². The van der Waals surface area contributed by atoms with Crippen LogP contribution >= 0.6 is 0 Å². The van der Waals surface area contributed by atoms with Crippen LogP contribution in [0.3, 0.4) is 0 Å². The number of nitrogen functional groups attached to an aromatic ring is 1. The predicted octanol–water partition coefficient (Wildman–Crippen LogP) is 3.76. The molecule has 0 amide bonds. The van der Waals surface area contributed by atoms with Crippen molar-refractivity contribution in [1.29, 1.82) is 0 Å². The quantitative estimate of drug-likeness (QED) is 0.816. The molecule has 0 aromatic carbocycles. The number of pyridine rings is 2. The van der Waals surface area contributed by atoms with Crippen molar-refractivity contribution in [3.8, 4) is 11.1 Å². The van der Waals surface area contributed by atoms with Gasteiger partial charge in [0.25, 0.3) is 0 Å². The molecular formula is C12H7F6N3. The Morgan fingerprint density at radius 2 is 1.48 bits per heavy atom. The van der Waals surface area contributed by atoms with E-state index >= 15 is 0 Å². The zero-order valence-electron chi connectivity index (χ0n) is 10.1. The highest BCUT2D eigenvalue weighted by Crippen LogP contribution is 2.34. The summed E-state index contributed by atoms with van der Waals surface area (Å²) in [5.41, 5.74) is 2.97. The summed E-state index contributed by atoms with van der Waals surface area (Å²) in [5, 5.41) is 0. The van der Waals surface area contributed by atoms with E-state index in [0.717, 1.165) is 12.3 Å². The van der Waals surface area contributed by atoms with Crippen molar-refractivity contribution in [1.82, 2.24) is 9.97 Å². The van der Waals surface area contributed by atoms with Gasteiger partial charge in [0.1, 0.15) is 17.2 Å². The van der Waals surface area contributed by atoms with E-state index in [1.54, 1.807) is 0 Å². The highest BCUT2D eigenvalue weighted by atomic mass is 19.4. The van der Waals surface area contributed by atoms with Gasteiger partial charge >= 0.3 is 12.4 Å². The lowest BCUT2D eigenvalue weighted by Gasteiger charge is -2.11. The van der Waals surface area contributed by atoms with Crippen molar-refractivity contribution >= 4 is 5.82 Å². The Morgan fingerprint density at radius 1 is 0.857 bits per heavy atom. The molecule has 0 saturated carbocycles. The number of alkyl halides is 6. The van der Waals surface area contributed by atoms with Gasteiger partial charge in [0.15, 0.2) is 0 Å². The molecule has 2 rings (SSSR count). The fourth-order valence-electron chi connectivity index (χ4n) is 1.63. The van der Waals surface area contributed by atoms with E-state index in [9.17, 15) is 26.3 Å². The molecule has 0 unspecified atom stereocenters. The Morgan fingerprint density at radius 3 is 2.00 bits per heavy atom. The van der Waals surface area contributed by atoms with Gasteiger partial charge in [-0.15, -0.1) is 0 Å². The van der Waals surface area contributed by atoms with Crippen LogP contribution in [0.2, 0.25) is 0 Å². The van der Waals surface area contributed by atoms with Crippen LogP contribution < -0.4 is 5.73 Å². The Balaban J connectivity index is 2.48. The minimum atomic E-state index is -4.68. The van der Waals surface area contributed by atoms with Crippen molar-refractivity contribution < 1.29 is 26.3 Å². The third-order valence-electron chi connectivity index (χ3n) is 2.58. The summed E-state index contributed by atoms with van der Waals surface area (Å²) < 4.78 is 75.0. The Kier molecular flexibility index (Phi) is 3.52. The summed E-state index contributed by atoms with van der Waals surface area (Å²) in [5.74, 6) is -0.510. The first-order valence-corrected chi connectivity index (χ1v) is 5.46. The summed E-state index contributed by atoms with van der Waals surface area (Å²) in [7, 11) is 0. The molecule has 2 aromatic rings. The highest BCUT2D eigenvalue weighted by molar-refractivity contribution is 5.73. The van der Waals surface area contributed by atoms with Crippen LogP contribution in [-0.4, -0.2) is 9.97 Å². The zero-order chi connectivity index (χ0) is 15.8. The van der Waals surface area contributed by atoms with E-state index in [1.807, 2.05) is 0 Å². The Labute approximate surface area is 114 Å². The molecule has 0 aliphatic rings. The van der Waals surface area contributed by atoms with Crippen LogP contribution in [-0.2, 0) is 12.4 Å². The molecule has 0 aliphatic carbocycles. The van der Waals surface area contributed by atoms with Crippen LogP contribution in [0, 0.1) is 0 Å². The molecular weight excluding hydrogens is 300 g/mol. The molecule has 0 saturated heterocycles. The Hall–Kier alpha value is -2.32. The van der Waals surface area contributed by atoms with Gasteiger partial charge in [-0.2, -0.15) is 26.3 Å². The number of rotatable bonds is 1. The molecule has 2 heterocycles. The zero-order valence-corrected chi connectivity index (χ0v) is 10.1. The highest BCUT2D eigenvalue weighted by Gasteiger charge is 2.34. The average Bonchev–Trinajstić information content (AvgIpc) is 2.36. The number of nitrogens with two attached hydrogens (primary N) is 1. The minimum Gasteiger partial charge on any atom is -0.383 e. The van der Waals surface area contributed by atoms with Crippen molar-refractivity contribution in [2.75, 3.05) is 5.73 Å². The maximum absolute atomic E-state index is 12.5. The first-order chi connectivity index (χ1) is 9.59. The number of halogens is 6. The summed E-state index contributed by atoms with van der Waals surface area (Å²) in [4.78, 5) is 6.32. The second-order valence-corrected chi connectivity index (χ2v) is 4.05. The number of hydrogen-bond donors (Lipinski definition) is 1. The summed E-state index contributed by atoms with van der Waals surface area (Å²) in [6, 6.07) is 3.52. The van der Waals surface area contributed by atoms with Crippen LogP contribution in [0.5, 0.6) is 0 Å². The van der Waals surface area contributed by atoms with Crippen LogP contribution in [0.1, 0.15) is 11.4 Å². The number of anilines is 1. The first-order valence-electron chi connectivity index (χ1n) is 5.46. The molecule has 0 aliphatic heterocycles. The van der Waals surface area contributed by atoms with Crippen LogP contribution in [0.4, 0.5) is 32.2 Å². The van der Waals surface area contributed by atoms with E-state index in [1.165, 1.54) is 6.07 Å². The van der Waals surface area contributed by atoms with Crippen molar-refractivity contribution in [3.63, 3.8) is 0 Å². The van der Waals surface area contributed by atoms with Gasteiger partial charge in [-0.25, -0.2) is 4.98 Å². The normalized spacial score (nSPS) is 12.5. The van der Waals surface area contributed by atoms with Gasteiger partial charge in [-0.05, 0) is 29.8 Å². The standard InChI is InChI=1S/C12H7F6N3/c13-11(14,15)8-2-1-7(10(19)21-8)6-3-4-20-9(5-6)12(16,17)18/h1-5H,(H2,19,21). The largest absolute Gasteiger partial charge is 0.433 e. The second-order valence-electron chi connectivity index (χ2n) is 4.05. The number of hydrogen-bond acceptors (Lipinski definition) is 3. The molecule has 0 atom stereocenters. The third kappa shape index (κ3) is 3.23. The molecule has 2 N–H and O–H groups in total. The predicted molar refractivity (Wildman–Crippen MR) is 61.9 cm³/mol. The van der Waals surface area contributed by atoms with Gasteiger partial charge in [0.2, 0.25) is 0 Å². The maximum Gasteiger partial charge on any atom is 0.433 e. The van der Waals surface area contributed by atoms with E-state index in [-0.39, 0.29) is 11.1 Å². The molecule has 0 spiro atoms. The fraction of sp³-hybridized carbons (Fsp3) is 0.167. The lowest BCUT2D eigenvalue weighted by atomic mass is 10.1. The lowest BCUT2D eigenvalue weighted by molar-refractivity contribution is -0.141. The second kappa shape index (κ2) is 4.90. The van der Waals surface area contributed by atoms with E-state index in [4.69, 9.17) is 5.73 Å². The summed E-state index contributed by atoms with van der Waals surface area (Å²) >= 11 is 0. The smallest absolute Gasteiger partial charge is 0.383 e.